The second kappa shape index (κ2) is 7.30. The van der Waals surface area contributed by atoms with Crippen LogP contribution >= 0.6 is 15.9 Å². The summed E-state index contributed by atoms with van der Waals surface area (Å²) >= 11 is 3.28. The number of sulfone groups is 1. The SMILES string of the molecule is CC(C)(C)OC(=O)N1CCC2=CC(S(=O)(=O)c3ccc(Br)cc3)=CCC2(F)C1. The number of amides is 1. The minimum absolute atomic E-state index is 0.0940. The third-order valence-electron chi connectivity index (χ3n) is 4.70. The Balaban J connectivity index is 1.80. The lowest BCUT2D eigenvalue weighted by atomic mass is 9.83. The molecule has 0 N–H and O–H groups in total. The van der Waals surface area contributed by atoms with Gasteiger partial charge in [-0.05, 0) is 63.1 Å². The highest BCUT2D eigenvalue weighted by atomic mass is 79.9. The number of piperidine rings is 1. The number of alkyl halides is 1. The van der Waals surface area contributed by atoms with Gasteiger partial charge >= 0.3 is 6.09 Å². The van der Waals surface area contributed by atoms with Gasteiger partial charge in [0.1, 0.15) is 5.60 Å². The van der Waals surface area contributed by atoms with Gasteiger partial charge in [0.2, 0.25) is 9.84 Å². The van der Waals surface area contributed by atoms with E-state index in [9.17, 15) is 13.2 Å². The average molecular weight is 472 g/mol. The molecular weight excluding hydrogens is 449 g/mol. The van der Waals surface area contributed by atoms with Crippen molar-refractivity contribution in [2.24, 2.45) is 0 Å². The van der Waals surface area contributed by atoms with E-state index in [4.69, 9.17) is 4.74 Å². The maximum absolute atomic E-state index is 15.5. The van der Waals surface area contributed by atoms with Crippen LogP contribution in [0.15, 0.2) is 56.3 Å². The van der Waals surface area contributed by atoms with E-state index in [1.807, 2.05) is 0 Å². The van der Waals surface area contributed by atoms with Gasteiger partial charge in [0.25, 0.3) is 0 Å². The highest BCUT2D eigenvalue weighted by molar-refractivity contribution is 9.10. The standard InChI is InChI=1S/C20H23BrFNO4S/c1-19(2,3)27-18(24)23-11-9-14-12-17(8-10-20(14,22)13-23)28(25,26)16-6-4-15(21)5-7-16/h4-8,12H,9-11,13H2,1-3H3. The van der Waals surface area contributed by atoms with Gasteiger partial charge in [-0.25, -0.2) is 17.6 Å². The molecule has 0 spiro atoms. The number of fused-ring (bicyclic) bond motifs is 1. The molecule has 1 atom stereocenters. The van der Waals surface area contributed by atoms with Crippen LogP contribution in [0.1, 0.15) is 33.6 Å². The molecule has 1 heterocycles. The first-order valence-corrected chi connectivity index (χ1v) is 11.3. The summed E-state index contributed by atoms with van der Waals surface area (Å²) in [6.07, 6.45) is 2.44. The summed E-state index contributed by atoms with van der Waals surface area (Å²) in [6, 6.07) is 6.34. The molecule has 1 saturated heterocycles. The van der Waals surface area contributed by atoms with Crippen LogP contribution in [-0.4, -0.2) is 43.8 Å². The number of allylic oxidation sites excluding steroid dienone is 2. The topological polar surface area (TPSA) is 63.7 Å². The monoisotopic (exact) mass is 471 g/mol. The molecule has 1 aliphatic heterocycles. The third-order valence-corrected chi connectivity index (χ3v) is 7.02. The van der Waals surface area contributed by atoms with Crippen molar-refractivity contribution in [1.82, 2.24) is 4.90 Å². The molecule has 1 unspecified atom stereocenters. The van der Waals surface area contributed by atoms with Gasteiger partial charge in [0.15, 0.2) is 5.67 Å². The van der Waals surface area contributed by atoms with E-state index >= 15 is 4.39 Å². The molecule has 0 aromatic heterocycles. The molecule has 1 aromatic carbocycles. The number of benzene rings is 1. The van der Waals surface area contributed by atoms with Crippen LogP contribution in [0.3, 0.4) is 0 Å². The number of rotatable bonds is 2. The van der Waals surface area contributed by atoms with Crippen molar-refractivity contribution in [3.8, 4) is 0 Å². The van der Waals surface area contributed by atoms with Gasteiger partial charge < -0.3 is 9.64 Å². The summed E-state index contributed by atoms with van der Waals surface area (Å²) in [5.74, 6) is 0. The summed E-state index contributed by atoms with van der Waals surface area (Å²) in [7, 11) is -3.72. The van der Waals surface area contributed by atoms with Crippen molar-refractivity contribution in [1.29, 1.82) is 0 Å². The molecule has 8 heteroatoms. The molecule has 0 bridgehead atoms. The highest BCUT2D eigenvalue weighted by Gasteiger charge is 2.44. The molecule has 1 aromatic rings. The summed E-state index contributed by atoms with van der Waals surface area (Å²) in [5.41, 5.74) is -2.02. The lowest BCUT2D eigenvalue weighted by Gasteiger charge is -2.41. The van der Waals surface area contributed by atoms with E-state index in [0.29, 0.717) is 5.57 Å². The second-order valence-corrected chi connectivity index (χ2v) is 10.9. The van der Waals surface area contributed by atoms with Crippen LogP contribution in [0.25, 0.3) is 0 Å². The van der Waals surface area contributed by atoms with Crippen LogP contribution < -0.4 is 0 Å². The number of halogens is 2. The average Bonchev–Trinajstić information content (AvgIpc) is 2.59. The van der Waals surface area contributed by atoms with Gasteiger partial charge in [-0.1, -0.05) is 22.0 Å². The molecule has 0 radical (unpaired) electrons. The van der Waals surface area contributed by atoms with Crippen molar-refractivity contribution >= 4 is 31.9 Å². The lowest BCUT2D eigenvalue weighted by Crippen LogP contribution is -2.51. The molecule has 2 aliphatic rings. The number of likely N-dealkylation sites (tertiary alicyclic amines) is 1. The Morgan fingerprint density at radius 2 is 1.89 bits per heavy atom. The zero-order valence-electron chi connectivity index (χ0n) is 16.0. The third kappa shape index (κ3) is 4.33. The lowest BCUT2D eigenvalue weighted by molar-refractivity contribution is 0.00770. The van der Waals surface area contributed by atoms with Gasteiger partial charge in [-0.2, -0.15) is 0 Å². The summed E-state index contributed by atoms with van der Waals surface area (Å²) in [4.78, 5) is 13.9. The minimum Gasteiger partial charge on any atom is -0.444 e. The molecule has 1 amide bonds. The van der Waals surface area contributed by atoms with Crippen LogP contribution in [0, 0.1) is 0 Å². The molecule has 1 aliphatic carbocycles. The van der Waals surface area contributed by atoms with E-state index in [1.54, 1.807) is 32.9 Å². The zero-order chi connectivity index (χ0) is 20.7. The maximum atomic E-state index is 15.5. The summed E-state index contributed by atoms with van der Waals surface area (Å²) in [5, 5.41) is 0. The van der Waals surface area contributed by atoms with E-state index < -0.39 is 27.2 Å². The largest absolute Gasteiger partial charge is 0.444 e. The molecule has 0 saturated carbocycles. The van der Waals surface area contributed by atoms with Crippen molar-refractivity contribution in [3.05, 3.63) is 51.4 Å². The molecular formula is C20H23BrFNO4S. The normalized spacial score (nSPS) is 22.8. The fraction of sp³-hybridized carbons (Fsp3) is 0.450. The number of hydrogen-bond acceptors (Lipinski definition) is 4. The number of carbonyl (C=O) groups is 1. The number of ether oxygens (including phenoxy) is 1. The quantitative estimate of drug-likeness (QED) is 0.621. The first-order valence-electron chi connectivity index (χ1n) is 8.99. The van der Waals surface area contributed by atoms with E-state index in [0.717, 1.165) is 4.47 Å². The Kier molecular flexibility index (Phi) is 5.49. The molecule has 5 nitrogen and oxygen atoms in total. The first kappa shape index (κ1) is 21.0. The van der Waals surface area contributed by atoms with E-state index in [-0.39, 0.29) is 35.7 Å². The smallest absolute Gasteiger partial charge is 0.410 e. The van der Waals surface area contributed by atoms with Crippen LogP contribution in [0.2, 0.25) is 0 Å². The Morgan fingerprint density at radius 3 is 2.50 bits per heavy atom. The Bertz CT molecular complexity index is 947. The number of hydrogen-bond donors (Lipinski definition) is 0. The predicted octanol–water partition coefficient (Wildman–Crippen LogP) is 4.79. The maximum Gasteiger partial charge on any atom is 0.410 e. The van der Waals surface area contributed by atoms with E-state index in [2.05, 4.69) is 15.9 Å². The Hall–Kier alpha value is -1.67. The van der Waals surface area contributed by atoms with Crippen molar-refractivity contribution in [2.75, 3.05) is 13.1 Å². The van der Waals surface area contributed by atoms with Gasteiger partial charge in [0.05, 0.1) is 16.3 Å². The molecule has 152 valence electrons. The Labute approximate surface area is 173 Å². The predicted molar refractivity (Wildman–Crippen MR) is 108 cm³/mol. The van der Waals surface area contributed by atoms with Crippen LogP contribution in [0.4, 0.5) is 9.18 Å². The molecule has 28 heavy (non-hydrogen) atoms. The van der Waals surface area contributed by atoms with Crippen molar-refractivity contribution < 1.29 is 22.3 Å². The minimum atomic E-state index is -3.72. The van der Waals surface area contributed by atoms with Gasteiger partial charge in [-0.15, -0.1) is 0 Å². The fourth-order valence-electron chi connectivity index (χ4n) is 3.27. The van der Waals surface area contributed by atoms with E-state index in [1.165, 1.54) is 29.2 Å². The number of carbonyl (C=O) groups excluding carboxylic acids is 1. The summed E-state index contributed by atoms with van der Waals surface area (Å²) < 4.78 is 47.4. The second-order valence-electron chi connectivity index (χ2n) is 8.05. The zero-order valence-corrected chi connectivity index (χ0v) is 18.4. The highest BCUT2D eigenvalue weighted by Crippen LogP contribution is 2.40. The first-order chi connectivity index (χ1) is 12.9. The van der Waals surface area contributed by atoms with Crippen molar-refractivity contribution in [3.63, 3.8) is 0 Å². The van der Waals surface area contributed by atoms with Crippen molar-refractivity contribution in [2.45, 2.75) is 49.8 Å². The summed E-state index contributed by atoms with van der Waals surface area (Å²) in [6.45, 7) is 5.42. The van der Waals surface area contributed by atoms with Crippen LogP contribution in [0.5, 0.6) is 0 Å². The van der Waals surface area contributed by atoms with Crippen LogP contribution in [-0.2, 0) is 14.6 Å². The van der Waals surface area contributed by atoms with Gasteiger partial charge in [-0.3, -0.25) is 0 Å². The fourth-order valence-corrected chi connectivity index (χ4v) is 4.90. The molecule has 1 fully saturated rings. The van der Waals surface area contributed by atoms with Gasteiger partial charge in [0, 0.05) is 17.4 Å². The Morgan fingerprint density at radius 1 is 1.25 bits per heavy atom. The number of nitrogens with zero attached hydrogens (tertiary/aromatic N) is 1. The molecule has 3 rings (SSSR count).